The van der Waals surface area contributed by atoms with Crippen LogP contribution in [0.2, 0.25) is 0 Å². The number of halogens is 7. The Morgan fingerprint density at radius 3 is 2.16 bits per heavy atom. The highest BCUT2D eigenvalue weighted by Gasteiger charge is 2.41. The third-order valence-corrected chi connectivity index (χ3v) is 2.29. The van der Waals surface area contributed by atoms with Crippen molar-refractivity contribution in [1.82, 2.24) is 4.98 Å². The highest BCUT2D eigenvalue weighted by Crippen LogP contribution is 2.41. The van der Waals surface area contributed by atoms with Crippen LogP contribution in [0, 0.1) is 0 Å². The number of aliphatic hydroxyl groups is 1. The first-order valence-electron chi connectivity index (χ1n) is 4.60. The maximum atomic E-state index is 12.6. The predicted molar refractivity (Wildman–Crippen MR) is 51.4 cm³/mol. The molecule has 1 N–H and O–H groups in total. The first-order valence-corrected chi connectivity index (χ1v) is 5.14. The van der Waals surface area contributed by atoms with E-state index in [1.54, 1.807) is 0 Å². The lowest BCUT2D eigenvalue weighted by Gasteiger charge is -2.19. The molecule has 1 rings (SSSR count). The van der Waals surface area contributed by atoms with Crippen LogP contribution in [-0.4, -0.2) is 16.5 Å². The van der Waals surface area contributed by atoms with Crippen LogP contribution in [0.1, 0.15) is 16.8 Å². The summed E-state index contributed by atoms with van der Waals surface area (Å²) < 4.78 is 77.6. The standard InChI is InChI=1S/C9H6ClF6NO2/c10-1-4-6(3-18)17-2-5(8(11,12)13)7(4)19-9(14,15)16/h2,18H,1,3H2. The quantitative estimate of drug-likeness (QED) is 0.688. The minimum atomic E-state index is -5.32. The molecule has 0 atom stereocenters. The second-order valence-electron chi connectivity index (χ2n) is 3.26. The number of aliphatic hydroxyl groups excluding tert-OH is 1. The van der Waals surface area contributed by atoms with Gasteiger partial charge < -0.3 is 9.84 Å². The summed E-state index contributed by atoms with van der Waals surface area (Å²) in [6.45, 7) is -0.867. The number of ether oxygens (including phenoxy) is 1. The maximum Gasteiger partial charge on any atom is 0.573 e. The molecule has 1 heterocycles. The van der Waals surface area contributed by atoms with Crippen LogP contribution in [0.3, 0.4) is 0 Å². The van der Waals surface area contributed by atoms with Gasteiger partial charge in [0.1, 0.15) is 11.3 Å². The van der Waals surface area contributed by atoms with E-state index in [1.165, 1.54) is 0 Å². The van der Waals surface area contributed by atoms with Crippen molar-refractivity contribution in [3.8, 4) is 5.75 Å². The van der Waals surface area contributed by atoms with Gasteiger partial charge in [-0.3, -0.25) is 4.98 Å². The summed E-state index contributed by atoms with van der Waals surface area (Å²) in [4.78, 5) is 3.22. The Balaban J connectivity index is 3.49. The SMILES string of the molecule is OCc1ncc(C(F)(F)F)c(OC(F)(F)F)c1CCl. The van der Waals surface area contributed by atoms with Gasteiger partial charge in [0, 0.05) is 11.8 Å². The molecule has 0 aliphatic heterocycles. The highest BCUT2D eigenvalue weighted by molar-refractivity contribution is 6.17. The van der Waals surface area contributed by atoms with E-state index in [4.69, 9.17) is 16.7 Å². The van der Waals surface area contributed by atoms with Crippen LogP contribution in [0.15, 0.2) is 6.20 Å². The van der Waals surface area contributed by atoms with Gasteiger partial charge in [-0.25, -0.2) is 0 Å². The second kappa shape index (κ2) is 5.41. The molecule has 0 unspecified atom stereocenters. The largest absolute Gasteiger partial charge is 0.573 e. The molecule has 3 nitrogen and oxygen atoms in total. The molecular weight excluding hydrogens is 304 g/mol. The van der Waals surface area contributed by atoms with Crippen molar-refractivity contribution in [3.63, 3.8) is 0 Å². The Bertz CT molecular complexity index is 459. The summed E-state index contributed by atoms with van der Waals surface area (Å²) in [6, 6.07) is 0. The third-order valence-electron chi connectivity index (χ3n) is 2.02. The molecule has 0 radical (unpaired) electrons. The topological polar surface area (TPSA) is 42.4 Å². The summed E-state index contributed by atoms with van der Waals surface area (Å²) in [7, 11) is 0. The van der Waals surface area contributed by atoms with Gasteiger partial charge in [-0.2, -0.15) is 13.2 Å². The fourth-order valence-corrected chi connectivity index (χ4v) is 1.56. The summed E-state index contributed by atoms with van der Waals surface area (Å²) in [5, 5.41) is 8.83. The number of hydrogen-bond acceptors (Lipinski definition) is 3. The summed E-state index contributed by atoms with van der Waals surface area (Å²) in [6.07, 6.45) is -10.3. The monoisotopic (exact) mass is 309 g/mol. The zero-order valence-corrected chi connectivity index (χ0v) is 9.70. The van der Waals surface area contributed by atoms with E-state index in [1.807, 2.05) is 0 Å². The fraction of sp³-hybridized carbons (Fsp3) is 0.444. The Morgan fingerprint density at radius 1 is 1.21 bits per heavy atom. The fourth-order valence-electron chi connectivity index (χ4n) is 1.28. The van der Waals surface area contributed by atoms with Crippen LogP contribution < -0.4 is 4.74 Å². The number of alkyl halides is 7. The van der Waals surface area contributed by atoms with Gasteiger partial charge >= 0.3 is 12.5 Å². The van der Waals surface area contributed by atoms with Crippen molar-refractivity contribution in [1.29, 1.82) is 0 Å². The van der Waals surface area contributed by atoms with E-state index in [-0.39, 0.29) is 6.20 Å². The molecule has 19 heavy (non-hydrogen) atoms. The average molecular weight is 310 g/mol. The zero-order chi connectivity index (χ0) is 14.8. The maximum absolute atomic E-state index is 12.6. The summed E-state index contributed by atoms with van der Waals surface area (Å²) in [5.41, 5.74) is -2.78. The molecule has 0 aliphatic carbocycles. The zero-order valence-electron chi connectivity index (χ0n) is 8.94. The molecule has 0 fully saturated rings. The lowest BCUT2D eigenvalue weighted by Crippen LogP contribution is -2.22. The number of pyridine rings is 1. The van der Waals surface area contributed by atoms with E-state index < -0.39 is 47.6 Å². The van der Waals surface area contributed by atoms with E-state index >= 15 is 0 Å². The molecule has 1 aromatic rings. The molecule has 0 saturated heterocycles. The lowest BCUT2D eigenvalue weighted by atomic mass is 10.1. The van der Waals surface area contributed by atoms with Crippen LogP contribution in [0.5, 0.6) is 5.75 Å². The first kappa shape index (κ1) is 15.8. The van der Waals surface area contributed by atoms with Crippen molar-refractivity contribution in [2.75, 3.05) is 0 Å². The summed E-state index contributed by atoms with van der Waals surface area (Å²) in [5.74, 6) is -2.22. The molecule has 1 aromatic heterocycles. The molecule has 10 heteroatoms. The van der Waals surface area contributed by atoms with Gasteiger partial charge in [-0.1, -0.05) is 0 Å². The molecule has 0 spiro atoms. The molecule has 108 valence electrons. The predicted octanol–water partition coefficient (Wildman–Crippen LogP) is 3.23. The molecule has 0 aliphatic rings. The minimum Gasteiger partial charge on any atom is -0.405 e. The molecule has 0 bridgehead atoms. The molecule has 0 amide bonds. The number of aromatic nitrogens is 1. The van der Waals surface area contributed by atoms with Gasteiger partial charge in [0.25, 0.3) is 0 Å². The van der Waals surface area contributed by atoms with Crippen LogP contribution in [-0.2, 0) is 18.7 Å². The molecular formula is C9H6ClF6NO2. The molecule has 0 aromatic carbocycles. The van der Waals surface area contributed by atoms with Crippen LogP contribution in [0.4, 0.5) is 26.3 Å². The van der Waals surface area contributed by atoms with Gasteiger partial charge in [0.2, 0.25) is 0 Å². The van der Waals surface area contributed by atoms with Crippen molar-refractivity contribution < 1.29 is 36.2 Å². The van der Waals surface area contributed by atoms with Crippen molar-refractivity contribution >= 4 is 11.6 Å². The smallest absolute Gasteiger partial charge is 0.405 e. The second-order valence-corrected chi connectivity index (χ2v) is 3.53. The number of nitrogens with zero attached hydrogens (tertiary/aromatic N) is 1. The third kappa shape index (κ3) is 3.87. The average Bonchev–Trinajstić information content (AvgIpc) is 2.24. The number of rotatable bonds is 3. The number of hydrogen-bond donors (Lipinski definition) is 1. The van der Waals surface area contributed by atoms with Gasteiger partial charge in [-0.15, -0.1) is 24.8 Å². The Kier molecular flexibility index (Phi) is 4.51. The van der Waals surface area contributed by atoms with Crippen molar-refractivity contribution in [2.24, 2.45) is 0 Å². The Labute approximate surface area is 107 Å². The van der Waals surface area contributed by atoms with Gasteiger partial charge in [-0.05, 0) is 0 Å². The van der Waals surface area contributed by atoms with E-state index in [9.17, 15) is 26.3 Å². The lowest BCUT2D eigenvalue weighted by molar-refractivity contribution is -0.276. The normalized spacial score (nSPS) is 12.6. The van der Waals surface area contributed by atoms with Gasteiger partial charge in [0.15, 0.2) is 0 Å². The van der Waals surface area contributed by atoms with E-state index in [0.29, 0.717) is 0 Å². The molecule has 0 saturated carbocycles. The van der Waals surface area contributed by atoms with E-state index in [0.717, 1.165) is 0 Å². The van der Waals surface area contributed by atoms with E-state index in [2.05, 4.69) is 9.72 Å². The Morgan fingerprint density at radius 2 is 1.79 bits per heavy atom. The minimum absolute atomic E-state index is 0.155. The van der Waals surface area contributed by atoms with Crippen LogP contribution in [0.25, 0.3) is 0 Å². The van der Waals surface area contributed by atoms with Crippen molar-refractivity contribution in [2.45, 2.75) is 25.0 Å². The Hall–Kier alpha value is -1.22. The summed E-state index contributed by atoms with van der Waals surface area (Å²) >= 11 is 5.30. The highest BCUT2D eigenvalue weighted by atomic mass is 35.5. The van der Waals surface area contributed by atoms with Crippen molar-refractivity contribution in [3.05, 3.63) is 23.0 Å². The first-order chi connectivity index (χ1) is 8.60. The van der Waals surface area contributed by atoms with Crippen LogP contribution >= 0.6 is 11.6 Å². The van der Waals surface area contributed by atoms with Gasteiger partial charge in [0.05, 0.1) is 18.2 Å².